The van der Waals surface area contributed by atoms with E-state index in [0.29, 0.717) is 0 Å². The van der Waals surface area contributed by atoms with E-state index in [9.17, 15) is 4.79 Å². The number of carbonyl (C=O) groups excluding carboxylic acids is 1. The summed E-state index contributed by atoms with van der Waals surface area (Å²) in [6.45, 7) is 4.00. The van der Waals surface area contributed by atoms with Crippen LogP contribution in [0.2, 0.25) is 0 Å². The van der Waals surface area contributed by atoms with Crippen LogP contribution in [0.4, 0.5) is 5.69 Å². The fourth-order valence-corrected chi connectivity index (χ4v) is 1.09. The number of rotatable bonds is 2. The van der Waals surface area contributed by atoms with E-state index in [1.807, 2.05) is 32.0 Å². The summed E-state index contributed by atoms with van der Waals surface area (Å²) in [6, 6.07) is 5.79. The van der Waals surface area contributed by atoms with Gasteiger partial charge in [-0.3, -0.25) is 4.79 Å². The predicted octanol–water partition coefficient (Wildman–Crippen LogP) is 1.62. The van der Waals surface area contributed by atoms with Gasteiger partial charge in [0, 0.05) is 5.69 Å². The Hall–Kier alpha value is -1.06. The third-order valence-electron chi connectivity index (χ3n) is 2.06. The zero-order valence-electron chi connectivity index (χ0n) is 8.33. The summed E-state index contributed by atoms with van der Waals surface area (Å²) in [6.07, 6.45) is 0. The smallest absolute Gasteiger partial charge is 0.238 e. The highest BCUT2D eigenvalue weighted by Crippen LogP contribution is 2.17. The molecule has 0 heterocycles. The van der Waals surface area contributed by atoms with Crippen LogP contribution in [0.3, 0.4) is 0 Å². The average molecular weight is 215 g/mol. The first-order valence-electron chi connectivity index (χ1n) is 4.21. The van der Waals surface area contributed by atoms with Gasteiger partial charge >= 0.3 is 0 Å². The first kappa shape index (κ1) is 12.9. The van der Waals surface area contributed by atoms with E-state index < -0.39 is 0 Å². The van der Waals surface area contributed by atoms with Crippen molar-refractivity contribution < 1.29 is 4.79 Å². The number of benzene rings is 1. The summed E-state index contributed by atoms with van der Waals surface area (Å²) in [5, 5.41) is 2.74. The number of halogens is 1. The number of nitrogens with one attached hydrogen (secondary N) is 1. The SMILES string of the molecule is Cc1cccc(NC(=O)CN)c1C.Cl. The van der Waals surface area contributed by atoms with Gasteiger partial charge in [0.1, 0.15) is 0 Å². The largest absolute Gasteiger partial charge is 0.325 e. The summed E-state index contributed by atoms with van der Waals surface area (Å²) in [5.74, 6) is -0.159. The highest BCUT2D eigenvalue weighted by atomic mass is 35.5. The summed E-state index contributed by atoms with van der Waals surface area (Å²) in [7, 11) is 0. The van der Waals surface area contributed by atoms with E-state index in [2.05, 4.69) is 5.32 Å². The molecule has 0 saturated carbocycles. The Morgan fingerprint density at radius 3 is 2.64 bits per heavy atom. The lowest BCUT2D eigenvalue weighted by Gasteiger charge is -2.08. The molecule has 1 aromatic rings. The highest BCUT2D eigenvalue weighted by Gasteiger charge is 2.02. The monoisotopic (exact) mass is 214 g/mol. The quantitative estimate of drug-likeness (QED) is 0.786. The van der Waals surface area contributed by atoms with Gasteiger partial charge in [-0.2, -0.15) is 0 Å². The Kier molecular flexibility index (Phi) is 5.20. The number of hydrogen-bond acceptors (Lipinski definition) is 2. The first-order chi connectivity index (χ1) is 6.15. The molecule has 1 rings (SSSR count). The highest BCUT2D eigenvalue weighted by molar-refractivity contribution is 5.92. The minimum atomic E-state index is -0.159. The van der Waals surface area contributed by atoms with Crippen molar-refractivity contribution >= 4 is 24.0 Å². The third kappa shape index (κ3) is 3.01. The molecule has 0 radical (unpaired) electrons. The van der Waals surface area contributed by atoms with Crippen molar-refractivity contribution in [3.63, 3.8) is 0 Å². The standard InChI is InChI=1S/C10H14N2O.ClH/c1-7-4-3-5-9(8(7)2)12-10(13)6-11;/h3-5H,6,11H2,1-2H3,(H,12,13);1H. The molecule has 0 bridgehead atoms. The molecule has 0 atom stereocenters. The number of carbonyl (C=O) groups is 1. The summed E-state index contributed by atoms with van der Waals surface area (Å²) < 4.78 is 0. The minimum Gasteiger partial charge on any atom is -0.325 e. The van der Waals surface area contributed by atoms with Crippen LogP contribution in [0.1, 0.15) is 11.1 Å². The van der Waals surface area contributed by atoms with E-state index >= 15 is 0 Å². The molecule has 1 amide bonds. The maximum Gasteiger partial charge on any atom is 0.238 e. The predicted molar refractivity (Wildman–Crippen MR) is 60.8 cm³/mol. The minimum absolute atomic E-state index is 0. The van der Waals surface area contributed by atoms with E-state index in [1.54, 1.807) is 0 Å². The molecule has 1 aromatic carbocycles. The topological polar surface area (TPSA) is 55.1 Å². The Morgan fingerprint density at radius 2 is 2.07 bits per heavy atom. The van der Waals surface area contributed by atoms with Crippen LogP contribution < -0.4 is 11.1 Å². The lowest BCUT2D eigenvalue weighted by Crippen LogP contribution is -2.22. The molecule has 0 saturated heterocycles. The van der Waals surface area contributed by atoms with Crippen molar-refractivity contribution in [2.45, 2.75) is 13.8 Å². The Morgan fingerprint density at radius 1 is 1.43 bits per heavy atom. The molecule has 0 aliphatic heterocycles. The van der Waals surface area contributed by atoms with Crippen molar-refractivity contribution in [3.05, 3.63) is 29.3 Å². The second-order valence-electron chi connectivity index (χ2n) is 3.00. The molecule has 0 aliphatic carbocycles. The fraction of sp³-hybridized carbons (Fsp3) is 0.300. The Labute approximate surface area is 90.1 Å². The number of nitrogens with two attached hydrogens (primary N) is 1. The molecular formula is C10H15ClN2O. The van der Waals surface area contributed by atoms with Gasteiger partial charge in [0.05, 0.1) is 6.54 Å². The van der Waals surface area contributed by atoms with Crippen LogP contribution in [0, 0.1) is 13.8 Å². The first-order valence-corrected chi connectivity index (χ1v) is 4.21. The molecule has 0 unspecified atom stereocenters. The molecular weight excluding hydrogens is 200 g/mol. The van der Waals surface area contributed by atoms with Crippen molar-refractivity contribution in [1.29, 1.82) is 0 Å². The number of amides is 1. The van der Waals surface area contributed by atoms with Gasteiger partial charge in [-0.1, -0.05) is 12.1 Å². The van der Waals surface area contributed by atoms with E-state index in [4.69, 9.17) is 5.73 Å². The van der Waals surface area contributed by atoms with Crippen LogP contribution in [0.15, 0.2) is 18.2 Å². The van der Waals surface area contributed by atoms with Crippen LogP contribution in [-0.2, 0) is 4.79 Å². The molecule has 3 N–H and O–H groups in total. The maximum absolute atomic E-state index is 11.0. The van der Waals surface area contributed by atoms with Gasteiger partial charge in [-0.05, 0) is 31.0 Å². The molecule has 78 valence electrons. The average Bonchev–Trinajstić information content (AvgIpc) is 2.13. The molecule has 0 aromatic heterocycles. The number of aryl methyl sites for hydroxylation is 1. The van der Waals surface area contributed by atoms with Gasteiger partial charge in [0.25, 0.3) is 0 Å². The molecule has 0 spiro atoms. The summed E-state index contributed by atoms with van der Waals surface area (Å²) >= 11 is 0. The maximum atomic E-state index is 11.0. The van der Waals surface area contributed by atoms with Crippen molar-refractivity contribution in [2.75, 3.05) is 11.9 Å². The molecule has 3 nitrogen and oxygen atoms in total. The lowest BCUT2D eigenvalue weighted by atomic mass is 10.1. The summed E-state index contributed by atoms with van der Waals surface area (Å²) in [5.41, 5.74) is 8.29. The van der Waals surface area contributed by atoms with Gasteiger partial charge in [0.2, 0.25) is 5.91 Å². The Balaban J connectivity index is 0.00000169. The molecule has 0 aliphatic rings. The second-order valence-corrected chi connectivity index (χ2v) is 3.00. The van der Waals surface area contributed by atoms with Crippen molar-refractivity contribution in [1.82, 2.24) is 0 Å². The van der Waals surface area contributed by atoms with Crippen LogP contribution in [-0.4, -0.2) is 12.5 Å². The fourth-order valence-electron chi connectivity index (χ4n) is 1.09. The molecule has 4 heteroatoms. The van der Waals surface area contributed by atoms with Gasteiger partial charge in [0.15, 0.2) is 0 Å². The zero-order chi connectivity index (χ0) is 9.84. The number of hydrogen-bond donors (Lipinski definition) is 2. The summed E-state index contributed by atoms with van der Waals surface area (Å²) in [4.78, 5) is 11.0. The number of anilines is 1. The van der Waals surface area contributed by atoms with E-state index in [-0.39, 0.29) is 24.9 Å². The van der Waals surface area contributed by atoms with E-state index in [0.717, 1.165) is 16.8 Å². The van der Waals surface area contributed by atoms with Gasteiger partial charge in [-0.15, -0.1) is 12.4 Å². The van der Waals surface area contributed by atoms with Gasteiger partial charge < -0.3 is 11.1 Å². The van der Waals surface area contributed by atoms with Crippen molar-refractivity contribution in [3.8, 4) is 0 Å². The normalized spacial score (nSPS) is 9.07. The third-order valence-corrected chi connectivity index (χ3v) is 2.06. The van der Waals surface area contributed by atoms with E-state index in [1.165, 1.54) is 0 Å². The lowest BCUT2D eigenvalue weighted by molar-refractivity contribution is -0.114. The molecule has 0 fully saturated rings. The zero-order valence-corrected chi connectivity index (χ0v) is 9.15. The van der Waals surface area contributed by atoms with Crippen LogP contribution in [0.5, 0.6) is 0 Å². The van der Waals surface area contributed by atoms with Crippen LogP contribution >= 0.6 is 12.4 Å². The second kappa shape index (κ2) is 5.62. The van der Waals surface area contributed by atoms with Crippen LogP contribution in [0.25, 0.3) is 0 Å². The van der Waals surface area contributed by atoms with Crippen molar-refractivity contribution in [2.24, 2.45) is 5.73 Å². The Bertz CT molecular complexity index is 326. The molecule has 14 heavy (non-hydrogen) atoms. The van der Waals surface area contributed by atoms with Gasteiger partial charge in [-0.25, -0.2) is 0 Å².